The maximum Gasteiger partial charge on any atom is 0.214 e. The number of halogens is 1. The number of nitrogens with zero attached hydrogens (tertiary/aromatic N) is 3. The standard InChI is InChI=1S/C17H31N5O3S.HI/c1-4-14(5-2)16-12-15(25-21-16)13-20-17(18-6-3)19-8-10-22-9-7-11-26(22,23)24;/h12,14H,4-11,13H2,1-3H3,(H2,18,19,20);1H. The van der Waals surface area contributed by atoms with Gasteiger partial charge in [-0.3, -0.25) is 0 Å². The number of guanidine groups is 1. The van der Waals surface area contributed by atoms with Crippen molar-refractivity contribution in [2.45, 2.75) is 52.5 Å². The molecule has 2 heterocycles. The highest BCUT2D eigenvalue weighted by molar-refractivity contribution is 14.0. The Kier molecular flexibility index (Phi) is 10.6. The fraction of sp³-hybridized carbons (Fsp3) is 0.765. The van der Waals surface area contributed by atoms with Gasteiger partial charge < -0.3 is 15.2 Å². The summed E-state index contributed by atoms with van der Waals surface area (Å²) >= 11 is 0. The van der Waals surface area contributed by atoms with Crippen LogP contribution in [0.15, 0.2) is 15.6 Å². The second-order valence-corrected chi connectivity index (χ2v) is 8.51. The van der Waals surface area contributed by atoms with Crippen molar-refractivity contribution in [2.24, 2.45) is 4.99 Å². The first kappa shape index (κ1) is 24.2. The Morgan fingerprint density at radius 3 is 2.67 bits per heavy atom. The van der Waals surface area contributed by atoms with Gasteiger partial charge in [-0.05, 0) is 26.2 Å². The lowest BCUT2D eigenvalue weighted by molar-refractivity contribution is 0.372. The van der Waals surface area contributed by atoms with E-state index in [0.717, 1.165) is 30.8 Å². The van der Waals surface area contributed by atoms with Crippen LogP contribution in [0.1, 0.15) is 57.4 Å². The molecule has 0 saturated carbocycles. The molecule has 0 atom stereocenters. The van der Waals surface area contributed by atoms with Crippen molar-refractivity contribution in [3.8, 4) is 0 Å². The van der Waals surface area contributed by atoms with E-state index in [1.807, 2.05) is 13.0 Å². The van der Waals surface area contributed by atoms with Crippen LogP contribution in [0.2, 0.25) is 0 Å². The monoisotopic (exact) mass is 513 g/mol. The molecule has 10 heteroatoms. The van der Waals surface area contributed by atoms with Gasteiger partial charge in [0, 0.05) is 38.2 Å². The quantitative estimate of drug-likeness (QED) is 0.299. The van der Waals surface area contributed by atoms with Crippen molar-refractivity contribution in [1.82, 2.24) is 20.1 Å². The van der Waals surface area contributed by atoms with Gasteiger partial charge in [-0.15, -0.1) is 24.0 Å². The number of aliphatic imine (C=N–C) groups is 1. The minimum atomic E-state index is -3.05. The van der Waals surface area contributed by atoms with E-state index < -0.39 is 10.0 Å². The number of aromatic nitrogens is 1. The van der Waals surface area contributed by atoms with Crippen LogP contribution in [0.5, 0.6) is 0 Å². The lowest BCUT2D eigenvalue weighted by Gasteiger charge is -2.16. The second kappa shape index (κ2) is 11.8. The first-order valence-electron chi connectivity index (χ1n) is 9.45. The number of nitrogens with one attached hydrogen (secondary N) is 2. The summed E-state index contributed by atoms with van der Waals surface area (Å²) in [7, 11) is -3.05. The van der Waals surface area contributed by atoms with E-state index in [-0.39, 0.29) is 29.7 Å². The van der Waals surface area contributed by atoms with Crippen LogP contribution in [0.4, 0.5) is 0 Å². The Labute approximate surface area is 179 Å². The fourth-order valence-electron chi connectivity index (χ4n) is 3.04. The first-order valence-corrected chi connectivity index (χ1v) is 11.1. The van der Waals surface area contributed by atoms with E-state index >= 15 is 0 Å². The van der Waals surface area contributed by atoms with Crippen LogP contribution in [0.25, 0.3) is 0 Å². The number of rotatable bonds is 9. The van der Waals surface area contributed by atoms with Gasteiger partial charge in [0.05, 0.1) is 11.4 Å². The van der Waals surface area contributed by atoms with Gasteiger partial charge in [0.25, 0.3) is 0 Å². The van der Waals surface area contributed by atoms with Crippen molar-refractivity contribution >= 4 is 40.0 Å². The third kappa shape index (κ3) is 7.22. The van der Waals surface area contributed by atoms with Gasteiger partial charge in [0.15, 0.2) is 11.7 Å². The summed E-state index contributed by atoms with van der Waals surface area (Å²) in [5.74, 6) is 2.05. The summed E-state index contributed by atoms with van der Waals surface area (Å²) in [5, 5.41) is 10.5. The molecular formula is C17H32IN5O3S. The molecule has 1 aliphatic heterocycles. The Bertz CT molecular complexity index is 688. The Hall–Kier alpha value is -0.880. The van der Waals surface area contributed by atoms with Gasteiger partial charge in [0.2, 0.25) is 10.0 Å². The van der Waals surface area contributed by atoms with Crippen molar-refractivity contribution in [2.75, 3.05) is 31.9 Å². The predicted octanol–water partition coefficient (Wildman–Crippen LogP) is 2.29. The van der Waals surface area contributed by atoms with Gasteiger partial charge in [-0.1, -0.05) is 19.0 Å². The van der Waals surface area contributed by atoms with Crippen molar-refractivity contribution in [3.05, 3.63) is 17.5 Å². The van der Waals surface area contributed by atoms with Crippen LogP contribution < -0.4 is 10.6 Å². The molecule has 1 aromatic rings. The normalized spacial score (nSPS) is 17.1. The Morgan fingerprint density at radius 1 is 1.33 bits per heavy atom. The highest BCUT2D eigenvalue weighted by Crippen LogP contribution is 2.22. The zero-order valence-corrected chi connectivity index (χ0v) is 19.5. The molecule has 27 heavy (non-hydrogen) atoms. The minimum absolute atomic E-state index is 0. The van der Waals surface area contributed by atoms with Crippen LogP contribution in [0.3, 0.4) is 0 Å². The zero-order chi connectivity index (χ0) is 19.0. The summed E-state index contributed by atoms with van der Waals surface area (Å²) in [6, 6.07) is 1.97. The van der Waals surface area contributed by atoms with Crippen LogP contribution in [0, 0.1) is 0 Å². The lowest BCUT2D eigenvalue weighted by atomic mass is 9.99. The van der Waals surface area contributed by atoms with E-state index in [9.17, 15) is 8.42 Å². The number of hydrogen-bond donors (Lipinski definition) is 2. The van der Waals surface area contributed by atoms with E-state index in [1.54, 1.807) is 0 Å². The van der Waals surface area contributed by atoms with Crippen LogP contribution in [-0.4, -0.2) is 55.8 Å². The van der Waals surface area contributed by atoms with Gasteiger partial charge in [0.1, 0.15) is 6.54 Å². The molecular weight excluding hydrogens is 481 g/mol. The van der Waals surface area contributed by atoms with Gasteiger partial charge in [-0.25, -0.2) is 17.7 Å². The van der Waals surface area contributed by atoms with Crippen molar-refractivity contribution < 1.29 is 12.9 Å². The summed E-state index contributed by atoms with van der Waals surface area (Å²) in [6.07, 6.45) is 2.78. The number of hydrogen-bond acceptors (Lipinski definition) is 5. The molecule has 0 bridgehead atoms. The summed E-state index contributed by atoms with van der Waals surface area (Å²) < 4.78 is 30.5. The van der Waals surface area contributed by atoms with Crippen molar-refractivity contribution in [1.29, 1.82) is 0 Å². The third-order valence-corrected chi connectivity index (χ3v) is 6.53. The molecule has 0 amide bonds. The summed E-state index contributed by atoms with van der Waals surface area (Å²) in [6.45, 7) is 8.97. The number of sulfonamides is 1. The third-order valence-electron chi connectivity index (χ3n) is 4.58. The van der Waals surface area contributed by atoms with Crippen molar-refractivity contribution in [3.63, 3.8) is 0 Å². The molecule has 0 radical (unpaired) electrons. The Balaban J connectivity index is 0.00000364. The lowest BCUT2D eigenvalue weighted by Crippen LogP contribution is -2.42. The molecule has 1 fully saturated rings. The predicted molar refractivity (Wildman–Crippen MR) is 118 cm³/mol. The molecule has 0 spiro atoms. The summed E-state index contributed by atoms with van der Waals surface area (Å²) in [5.41, 5.74) is 0.984. The highest BCUT2D eigenvalue weighted by atomic mass is 127. The van der Waals surface area contributed by atoms with Crippen LogP contribution in [-0.2, 0) is 16.6 Å². The smallest absolute Gasteiger partial charge is 0.214 e. The Morgan fingerprint density at radius 2 is 2.07 bits per heavy atom. The molecule has 0 unspecified atom stereocenters. The molecule has 2 rings (SSSR count). The van der Waals surface area contributed by atoms with Gasteiger partial charge in [-0.2, -0.15) is 0 Å². The average molecular weight is 513 g/mol. The van der Waals surface area contributed by atoms with E-state index in [0.29, 0.717) is 44.5 Å². The largest absolute Gasteiger partial charge is 0.359 e. The maximum absolute atomic E-state index is 11.8. The molecule has 1 aromatic heterocycles. The minimum Gasteiger partial charge on any atom is -0.359 e. The van der Waals surface area contributed by atoms with E-state index in [2.05, 4.69) is 34.6 Å². The average Bonchev–Trinajstić information content (AvgIpc) is 3.20. The maximum atomic E-state index is 11.8. The highest BCUT2D eigenvalue weighted by Gasteiger charge is 2.27. The second-order valence-electron chi connectivity index (χ2n) is 6.42. The fourth-order valence-corrected chi connectivity index (χ4v) is 4.57. The molecule has 1 saturated heterocycles. The van der Waals surface area contributed by atoms with E-state index in [1.165, 1.54) is 4.31 Å². The first-order chi connectivity index (χ1) is 12.5. The molecule has 1 aliphatic rings. The SMILES string of the molecule is CCNC(=NCc1cc(C(CC)CC)no1)NCCN1CCCS1(=O)=O.I. The molecule has 0 aliphatic carbocycles. The van der Waals surface area contributed by atoms with E-state index in [4.69, 9.17) is 4.52 Å². The molecule has 8 nitrogen and oxygen atoms in total. The molecule has 156 valence electrons. The topological polar surface area (TPSA) is 99.8 Å². The van der Waals surface area contributed by atoms with Gasteiger partial charge >= 0.3 is 0 Å². The summed E-state index contributed by atoms with van der Waals surface area (Å²) in [4.78, 5) is 4.50. The zero-order valence-electron chi connectivity index (χ0n) is 16.4. The van der Waals surface area contributed by atoms with Crippen LogP contribution >= 0.6 is 24.0 Å². The molecule has 2 N–H and O–H groups in total. The molecule has 0 aromatic carbocycles.